The molecule has 3 aliphatic rings. The van der Waals surface area contributed by atoms with E-state index in [0.717, 1.165) is 12.3 Å². The fourth-order valence-corrected chi connectivity index (χ4v) is 6.16. The molecular formula is C13H21NO3S. The highest BCUT2D eigenvalue weighted by atomic mass is 32.2. The topological polar surface area (TPSA) is 63.2 Å². The standard InChI is InChI=1S/C13H21NO3S/c1-13(4-5-18(16,17)8-13)14-12(15)11-7-9-2-3-10(11)6-9/h9-11H,2-8H2,1H3,(H,14,15). The molecule has 0 aromatic heterocycles. The first-order valence-corrected chi connectivity index (χ1v) is 8.71. The first kappa shape index (κ1) is 12.5. The molecule has 1 aliphatic heterocycles. The Morgan fingerprint density at radius 2 is 2.06 bits per heavy atom. The van der Waals surface area contributed by atoms with E-state index in [1.54, 1.807) is 0 Å². The number of hydrogen-bond acceptors (Lipinski definition) is 3. The minimum absolute atomic E-state index is 0.0989. The van der Waals surface area contributed by atoms with Gasteiger partial charge in [-0.3, -0.25) is 4.79 Å². The number of fused-ring (bicyclic) bond motifs is 2. The number of sulfone groups is 1. The van der Waals surface area contributed by atoms with Crippen molar-refractivity contribution in [1.82, 2.24) is 5.32 Å². The Bertz CT molecular complexity index is 473. The summed E-state index contributed by atoms with van der Waals surface area (Å²) in [4.78, 5) is 12.3. The Morgan fingerprint density at radius 1 is 1.28 bits per heavy atom. The zero-order valence-corrected chi connectivity index (χ0v) is 11.6. The van der Waals surface area contributed by atoms with Gasteiger partial charge < -0.3 is 5.32 Å². The van der Waals surface area contributed by atoms with Gasteiger partial charge in [-0.2, -0.15) is 0 Å². The van der Waals surface area contributed by atoms with Crippen molar-refractivity contribution in [2.75, 3.05) is 11.5 Å². The summed E-state index contributed by atoms with van der Waals surface area (Å²) in [6.45, 7) is 1.86. The lowest BCUT2D eigenvalue weighted by Crippen LogP contribution is -2.49. The van der Waals surface area contributed by atoms with Crippen molar-refractivity contribution in [2.45, 2.75) is 44.6 Å². The molecule has 1 saturated heterocycles. The molecule has 18 heavy (non-hydrogen) atoms. The van der Waals surface area contributed by atoms with E-state index in [-0.39, 0.29) is 23.3 Å². The molecule has 4 atom stereocenters. The van der Waals surface area contributed by atoms with Crippen LogP contribution in [0.4, 0.5) is 0 Å². The highest BCUT2D eigenvalue weighted by Gasteiger charge is 2.46. The molecule has 4 unspecified atom stereocenters. The van der Waals surface area contributed by atoms with Crippen molar-refractivity contribution in [3.05, 3.63) is 0 Å². The van der Waals surface area contributed by atoms with Crippen molar-refractivity contribution >= 4 is 15.7 Å². The highest BCUT2D eigenvalue weighted by molar-refractivity contribution is 7.91. The minimum atomic E-state index is -2.95. The third-order valence-corrected chi connectivity index (χ3v) is 6.91. The third-order valence-electron chi connectivity index (χ3n) is 5.00. The summed E-state index contributed by atoms with van der Waals surface area (Å²) in [5.41, 5.74) is -0.530. The van der Waals surface area contributed by atoms with Gasteiger partial charge in [0.05, 0.1) is 17.0 Å². The van der Waals surface area contributed by atoms with Gasteiger partial charge in [-0.15, -0.1) is 0 Å². The quantitative estimate of drug-likeness (QED) is 0.818. The van der Waals surface area contributed by atoms with Crippen LogP contribution in [-0.4, -0.2) is 31.4 Å². The maximum absolute atomic E-state index is 12.3. The Hall–Kier alpha value is -0.580. The molecule has 5 heteroatoms. The minimum Gasteiger partial charge on any atom is -0.350 e. The molecule has 1 heterocycles. The summed E-state index contributed by atoms with van der Waals surface area (Å²) in [7, 11) is -2.95. The second-order valence-corrected chi connectivity index (χ2v) is 8.86. The van der Waals surface area contributed by atoms with Gasteiger partial charge in [0.1, 0.15) is 0 Å². The number of rotatable bonds is 2. The van der Waals surface area contributed by atoms with E-state index in [4.69, 9.17) is 0 Å². The summed E-state index contributed by atoms with van der Waals surface area (Å²) >= 11 is 0. The monoisotopic (exact) mass is 271 g/mol. The molecule has 2 bridgehead atoms. The van der Waals surface area contributed by atoms with Gasteiger partial charge in [0.15, 0.2) is 9.84 Å². The Balaban J connectivity index is 1.65. The number of nitrogens with one attached hydrogen (secondary N) is 1. The van der Waals surface area contributed by atoms with Crippen LogP contribution < -0.4 is 5.32 Å². The van der Waals surface area contributed by atoms with Crippen molar-refractivity contribution < 1.29 is 13.2 Å². The lowest BCUT2D eigenvalue weighted by atomic mass is 9.87. The fraction of sp³-hybridized carbons (Fsp3) is 0.923. The highest BCUT2D eigenvalue weighted by Crippen LogP contribution is 2.48. The molecular weight excluding hydrogens is 250 g/mol. The van der Waals surface area contributed by atoms with Gasteiger partial charge >= 0.3 is 0 Å². The molecule has 3 rings (SSSR count). The average Bonchev–Trinajstić information content (AvgIpc) is 2.92. The van der Waals surface area contributed by atoms with Crippen molar-refractivity contribution in [1.29, 1.82) is 0 Å². The van der Waals surface area contributed by atoms with Crippen LogP contribution in [0.25, 0.3) is 0 Å². The van der Waals surface area contributed by atoms with E-state index >= 15 is 0 Å². The molecule has 1 amide bonds. The Morgan fingerprint density at radius 3 is 2.56 bits per heavy atom. The maximum Gasteiger partial charge on any atom is 0.223 e. The lowest BCUT2D eigenvalue weighted by Gasteiger charge is -2.28. The van der Waals surface area contributed by atoms with Gasteiger partial charge in [-0.1, -0.05) is 6.42 Å². The molecule has 2 aliphatic carbocycles. The number of carbonyl (C=O) groups is 1. The molecule has 3 fully saturated rings. The molecule has 0 radical (unpaired) electrons. The van der Waals surface area contributed by atoms with E-state index in [9.17, 15) is 13.2 Å². The first-order chi connectivity index (χ1) is 8.37. The van der Waals surface area contributed by atoms with Crippen LogP contribution in [0.5, 0.6) is 0 Å². The number of amides is 1. The summed E-state index contributed by atoms with van der Waals surface area (Å²) in [6, 6.07) is 0. The van der Waals surface area contributed by atoms with Crippen LogP contribution in [0.2, 0.25) is 0 Å². The van der Waals surface area contributed by atoms with E-state index in [0.29, 0.717) is 12.3 Å². The van der Waals surface area contributed by atoms with Crippen LogP contribution >= 0.6 is 0 Å². The predicted molar refractivity (Wildman–Crippen MR) is 68.8 cm³/mol. The van der Waals surface area contributed by atoms with E-state index in [2.05, 4.69) is 5.32 Å². The smallest absolute Gasteiger partial charge is 0.223 e. The lowest BCUT2D eigenvalue weighted by molar-refractivity contribution is -0.128. The molecule has 2 saturated carbocycles. The van der Waals surface area contributed by atoms with Crippen LogP contribution in [0, 0.1) is 17.8 Å². The maximum atomic E-state index is 12.3. The molecule has 1 N–H and O–H groups in total. The zero-order valence-electron chi connectivity index (χ0n) is 10.8. The van der Waals surface area contributed by atoms with Gasteiger partial charge in [0.2, 0.25) is 5.91 Å². The van der Waals surface area contributed by atoms with Crippen LogP contribution in [0.1, 0.15) is 39.0 Å². The summed E-state index contributed by atoms with van der Waals surface area (Å²) < 4.78 is 23.1. The summed E-state index contributed by atoms with van der Waals surface area (Å²) in [5.74, 6) is 1.85. The van der Waals surface area contributed by atoms with Gasteiger partial charge in [0.25, 0.3) is 0 Å². The molecule has 0 aromatic rings. The Kier molecular flexibility index (Phi) is 2.74. The van der Waals surface area contributed by atoms with Crippen molar-refractivity contribution in [2.24, 2.45) is 17.8 Å². The largest absolute Gasteiger partial charge is 0.350 e. The second-order valence-electron chi connectivity index (χ2n) is 6.67. The second kappa shape index (κ2) is 3.95. The average molecular weight is 271 g/mol. The summed E-state index contributed by atoms with van der Waals surface area (Å²) in [5, 5.41) is 3.02. The van der Waals surface area contributed by atoms with E-state index in [1.807, 2.05) is 6.92 Å². The summed E-state index contributed by atoms with van der Waals surface area (Å²) in [6.07, 6.45) is 5.23. The van der Waals surface area contributed by atoms with Crippen LogP contribution in [-0.2, 0) is 14.6 Å². The first-order valence-electron chi connectivity index (χ1n) is 6.89. The van der Waals surface area contributed by atoms with Gasteiger partial charge in [-0.05, 0) is 44.4 Å². The van der Waals surface area contributed by atoms with Gasteiger partial charge in [-0.25, -0.2) is 8.42 Å². The van der Waals surface area contributed by atoms with Crippen LogP contribution in [0.15, 0.2) is 0 Å². The molecule has 4 nitrogen and oxygen atoms in total. The van der Waals surface area contributed by atoms with E-state index < -0.39 is 15.4 Å². The third kappa shape index (κ3) is 2.17. The molecule has 0 spiro atoms. The van der Waals surface area contributed by atoms with Crippen molar-refractivity contribution in [3.63, 3.8) is 0 Å². The normalized spacial score (nSPS) is 45.3. The van der Waals surface area contributed by atoms with Crippen molar-refractivity contribution in [3.8, 4) is 0 Å². The van der Waals surface area contributed by atoms with Crippen LogP contribution in [0.3, 0.4) is 0 Å². The predicted octanol–water partition coefficient (Wildman–Crippen LogP) is 1.12. The fourth-order valence-electron chi connectivity index (χ4n) is 4.07. The number of hydrogen-bond donors (Lipinski definition) is 1. The SMILES string of the molecule is CC1(NC(=O)C2CC3CCC2C3)CCS(=O)(=O)C1. The van der Waals surface area contributed by atoms with E-state index in [1.165, 1.54) is 19.3 Å². The molecule has 0 aromatic carbocycles. The Labute approximate surface area is 108 Å². The number of carbonyl (C=O) groups excluding carboxylic acids is 1. The molecule has 102 valence electrons. The van der Waals surface area contributed by atoms with Gasteiger partial charge in [0, 0.05) is 5.92 Å². The zero-order chi connectivity index (χ0) is 13.0.